The molecular formula is C26H29FN6O5. The first-order valence-corrected chi connectivity index (χ1v) is 12.7. The Morgan fingerprint density at radius 1 is 1.29 bits per heavy atom. The van der Waals surface area contributed by atoms with Crippen molar-refractivity contribution >= 4 is 23.5 Å². The molecule has 11 nitrogen and oxygen atoms in total. The molecule has 0 spiro atoms. The van der Waals surface area contributed by atoms with Gasteiger partial charge in [0.15, 0.2) is 5.65 Å². The zero-order valence-corrected chi connectivity index (χ0v) is 21.3. The third-order valence-corrected chi connectivity index (χ3v) is 7.30. The average molecular weight is 525 g/mol. The Labute approximate surface area is 218 Å². The number of fused-ring (bicyclic) bond motifs is 2. The molecule has 3 unspecified atom stereocenters. The van der Waals surface area contributed by atoms with Crippen LogP contribution in [-0.4, -0.2) is 61.0 Å². The van der Waals surface area contributed by atoms with Crippen LogP contribution in [0.25, 0.3) is 5.65 Å². The maximum atomic E-state index is 14.5. The molecular weight excluding hydrogens is 495 g/mol. The molecule has 3 aromatic heterocycles. The lowest BCUT2D eigenvalue weighted by Gasteiger charge is -2.30. The molecule has 200 valence electrons. The molecule has 4 heterocycles. The lowest BCUT2D eigenvalue weighted by atomic mass is 10.0. The molecule has 2 saturated carbocycles. The number of carboxylic acid groups (broad SMARTS) is 1. The summed E-state index contributed by atoms with van der Waals surface area (Å²) in [5, 5.41) is 16.5. The molecule has 0 radical (unpaired) electrons. The van der Waals surface area contributed by atoms with Crippen molar-refractivity contribution in [3.63, 3.8) is 0 Å². The molecule has 38 heavy (non-hydrogen) atoms. The minimum atomic E-state index is -1.11. The lowest BCUT2D eigenvalue weighted by Crippen LogP contribution is -2.44. The first kappa shape index (κ1) is 24.4. The molecule has 1 saturated heterocycles. The van der Waals surface area contributed by atoms with E-state index in [9.17, 15) is 19.1 Å². The fraction of sp³-hybridized carbons (Fsp3) is 0.500. The van der Waals surface area contributed by atoms with Crippen molar-refractivity contribution in [2.24, 2.45) is 11.8 Å². The van der Waals surface area contributed by atoms with Gasteiger partial charge >= 0.3 is 12.1 Å². The summed E-state index contributed by atoms with van der Waals surface area (Å²) in [5.74, 6) is 0.00140. The molecule has 0 bridgehead atoms. The third kappa shape index (κ3) is 4.59. The zero-order valence-electron chi connectivity index (χ0n) is 21.3. The highest BCUT2D eigenvalue weighted by Crippen LogP contribution is 2.58. The molecule has 2 N–H and O–H groups in total. The number of hydrogen-bond donors (Lipinski definition) is 2. The van der Waals surface area contributed by atoms with Crippen LogP contribution in [-0.2, 0) is 4.74 Å². The first-order valence-electron chi connectivity index (χ1n) is 12.7. The first-order chi connectivity index (χ1) is 18.0. The van der Waals surface area contributed by atoms with Crippen LogP contribution >= 0.6 is 0 Å². The fourth-order valence-electron chi connectivity index (χ4n) is 5.23. The van der Waals surface area contributed by atoms with Crippen LogP contribution in [0.15, 0.2) is 30.7 Å². The van der Waals surface area contributed by atoms with Crippen molar-refractivity contribution in [2.45, 2.75) is 57.2 Å². The predicted molar refractivity (Wildman–Crippen MR) is 133 cm³/mol. The van der Waals surface area contributed by atoms with Gasteiger partial charge in [-0.25, -0.2) is 28.5 Å². The lowest BCUT2D eigenvalue weighted by molar-refractivity contribution is 0.0475. The molecule has 6 rings (SSSR count). The number of carboxylic acids is 1. The number of piperidine rings is 1. The minimum absolute atomic E-state index is 0.0106. The number of amides is 1. The number of nitrogens with zero attached hydrogens (tertiary/aromatic N) is 5. The van der Waals surface area contributed by atoms with Crippen molar-refractivity contribution in [3.05, 3.63) is 47.7 Å². The van der Waals surface area contributed by atoms with E-state index in [2.05, 4.69) is 25.3 Å². The van der Waals surface area contributed by atoms with Crippen LogP contribution < -0.4 is 15.0 Å². The third-order valence-electron chi connectivity index (χ3n) is 7.30. The highest BCUT2D eigenvalue weighted by atomic mass is 19.1. The van der Waals surface area contributed by atoms with Gasteiger partial charge in [0.2, 0.25) is 5.88 Å². The van der Waals surface area contributed by atoms with Gasteiger partial charge in [0.25, 0.3) is 0 Å². The van der Waals surface area contributed by atoms with Crippen LogP contribution in [0.3, 0.4) is 0 Å². The standard InChI is InChI=1S/C26H29FN6O5/c1-25(2,3)38-24(36)31-26(5-6-26)13-37-22-17(9-15(27)10-28-22)20-16-8-14(16)12-32(20)19-4-7-33-21(30-19)18(11-29-33)23(34)35/h4,7,9-11,14,16,20H,5-6,8,12-13H2,1-3H3,(H,31,36)(H,34,35). The van der Waals surface area contributed by atoms with Gasteiger partial charge in [-0.3, -0.25) is 0 Å². The topological polar surface area (TPSA) is 131 Å². The highest BCUT2D eigenvalue weighted by molar-refractivity contribution is 5.94. The summed E-state index contributed by atoms with van der Waals surface area (Å²) >= 11 is 0. The van der Waals surface area contributed by atoms with E-state index in [1.807, 2.05) is 0 Å². The monoisotopic (exact) mass is 524 g/mol. The number of carbonyl (C=O) groups is 2. The van der Waals surface area contributed by atoms with E-state index in [-0.39, 0.29) is 29.8 Å². The summed E-state index contributed by atoms with van der Waals surface area (Å²) in [6.45, 7) is 6.30. The van der Waals surface area contributed by atoms with Crippen molar-refractivity contribution < 1.29 is 28.6 Å². The van der Waals surface area contributed by atoms with E-state index in [4.69, 9.17) is 9.47 Å². The predicted octanol–water partition coefficient (Wildman–Crippen LogP) is 3.60. The van der Waals surface area contributed by atoms with Gasteiger partial charge in [-0.2, -0.15) is 5.10 Å². The number of halogens is 1. The molecule has 2 aliphatic carbocycles. The summed E-state index contributed by atoms with van der Waals surface area (Å²) in [5.41, 5.74) is -0.298. The number of aromatic carboxylic acids is 1. The van der Waals surface area contributed by atoms with E-state index in [0.717, 1.165) is 25.5 Å². The van der Waals surface area contributed by atoms with Crippen LogP contribution in [0.5, 0.6) is 5.88 Å². The number of ether oxygens (including phenoxy) is 2. The molecule has 1 aliphatic heterocycles. The summed E-state index contributed by atoms with van der Waals surface area (Å²) in [4.78, 5) is 34.9. The Bertz CT molecular complexity index is 1430. The number of anilines is 1. The molecule has 12 heteroatoms. The van der Waals surface area contributed by atoms with Crippen molar-refractivity contribution in [3.8, 4) is 5.88 Å². The van der Waals surface area contributed by atoms with Crippen LogP contribution in [0.2, 0.25) is 0 Å². The van der Waals surface area contributed by atoms with Gasteiger partial charge in [-0.1, -0.05) is 0 Å². The number of aromatic nitrogens is 4. The Morgan fingerprint density at radius 3 is 2.79 bits per heavy atom. The Morgan fingerprint density at radius 2 is 2.08 bits per heavy atom. The van der Waals surface area contributed by atoms with E-state index in [1.54, 1.807) is 33.0 Å². The molecule has 3 aliphatic rings. The van der Waals surface area contributed by atoms with E-state index in [0.29, 0.717) is 29.7 Å². The number of nitrogens with one attached hydrogen (secondary N) is 1. The number of hydrogen-bond acceptors (Lipinski definition) is 8. The van der Waals surface area contributed by atoms with E-state index >= 15 is 0 Å². The van der Waals surface area contributed by atoms with Crippen molar-refractivity contribution in [2.75, 3.05) is 18.1 Å². The molecule has 3 atom stereocenters. The number of pyridine rings is 1. The maximum Gasteiger partial charge on any atom is 0.408 e. The van der Waals surface area contributed by atoms with E-state index < -0.39 is 29.0 Å². The second-order valence-electron chi connectivity index (χ2n) is 11.4. The summed E-state index contributed by atoms with van der Waals surface area (Å²) in [6.07, 6.45) is 6.04. The molecule has 3 aromatic rings. The van der Waals surface area contributed by atoms with Gasteiger partial charge in [0.1, 0.15) is 29.4 Å². The van der Waals surface area contributed by atoms with Crippen LogP contribution in [0, 0.1) is 17.7 Å². The quantitative estimate of drug-likeness (QED) is 0.476. The number of alkyl carbamates (subject to hydrolysis) is 1. The maximum absolute atomic E-state index is 14.5. The largest absolute Gasteiger partial charge is 0.477 e. The summed E-state index contributed by atoms with van der Waals surface area (Å²) in [6, 6.07) is 2.99. The Balaban J connectivity index is 1.26. The van der Waals surface area contributed by atoms with Gasteiger partial charge in [-0.15, -0.1) is 0 Å². The normalized spacial score (nSPS) is 23.2. The Kier molecular flexibility index (Phi) is 5.48. The van der Waals surface area contributed by atoms with Gasteiger partial charge in [0.05, 0.1) is 24.0 Å². The van der Waals surface area contributed by atoms with Crippen molar-refractivity contribution in [1.82, 2.24) is 24.9 Å². The average Bonchev–Trinajstić information content (AvgIpc) is 3.69. The molecule has 3 fully saturated rings. The summed E-state index contributed by atoms with van der Waals surface area (Å²) < 4.78 is 27.4. The fourth-order valence-corrected chi connectivity index (χ4v) is 5.23. The number of carbonyl (C=O) groups excluding carboxylic acids is 1. The summed E-state index contributed by atoms with van der Waals surface area (Å²) in [7, 11) is 0. The molecule has 0 aromatic carbocycles. The van der Waals surface area contributed by atoms with Crippen LogP contribution in [0.1, 0.15) is 62.0 Å². The zero-order chi connectivity index (χ0) is 26.8. The highest BCUT2D eigenvalue weighted by Gasteiger charge is 2.55. The minimum Gasteiger partial charge on any atom is -0.477 e. The van der Waals surface area contributed by atoms with Gasteiger partial charge < -0.3 is 24.8 Å². The van der Waals surface area contributed by atoms with Crippen molar-refractivity contribution in [1.29, 1.82) is 0 Å². The van der Waals surface area contributed by atoms with E-state index in [1.165, 1.54) is 16.8 Å². The molecule has 1 amide bonds. The van der Waals surface area contributed by atoms with Gasteiger partial charge in [0, 0.05) is 18.3 Å². The number of rotatable bonds is 7. The van der Waals surface area contributed by atoms with Gasteiger partial charge in [-0.05, 0) is 64.0 Å². The second kappa shape index (κ2) is 8.53. The second-order valence-corrected chi connectivity index (χ2v) is 11.4. The Hall–Kier alpha value is -3.96. The smallest absolute Gasteiger partial charge is 0.408 e. The van der Waals surface area contributed by atoms with Crippen LogP contribution in [0.4, 0.5) is 15.0 Å². The SMILES string of the molecule is CC(C)(C)OC(=O)NC1(COc2ncc(F)cc2C2C3CC3CN2c2ccn3ncc(C(=O)O)c3n2)CC1.